The highest BCUT2D eigenvalue weighted by molar-refractivity contribution is 5.02. The van der Waals surface area contributed by atoms with Gasteiger partial charge >= 0.3 is 21.2 Å². The minimum atomic E-state index is 0. The molecule has 0 saturated heterocycles. The lowest BCUT2D eigenvalue weighted by Gasteiger charge is -1.84. The van der Waals surface area contributed by atoms with Gasteiger partial charge in [-0.1, -0.05) is 114 Å². The molecule has 0 radical (unpaired) electrons. The Kier molecular flexibility index (Phi) is 61.2. The van der Waals surface area contributed by atoms with Crippen LogP contribution in [-0.2, 0) is 0 Å². The van der Waals surface area contributed by atoms with Crippen LogP contribution in [0.2, 0.25) is 0 Å². The summed E-state index contributed by atoms with van der Waals surface area (Å²) in [5.74, 6) is 0. The van der Waals surface area contributed by atoms with Gasteiger partial charge in [0, 0.05) is 0 Å². The molecule has 0 spiro atoms. The molecule has 0 amide bonds. The van der Waals surface area contributed by atoms with Crippen LogP contribution in [-0.4, -0.2) is 0 Å². The molecule has 0 aliphatic heterocycles. The van der Waals surface area contributed by atoms with E-state index in [2.05, 4.69) is 60.7 Å². The third-order valence-corrected chi connectivity index (χ3v) is 4.37. The summed E-state index contributed by atoms with van der Waals surface area (Å²) in [5.41, 5.74) is 0. The molecule has 2 aromatic carbocycles. The third-order valence-electron chi connectivity index (χ3n) is 1.68. The molecular formula is C23H46I+. The summed E-state index contributed by atoms with van der Waals surface area (Å²) in [5, 5.41) is 0. The SMILES string of the molecule is C.C.C.CC.CC.CC.CC.c1ccc([I+]c2ccccc2)cc1. The van der Waals surface area contributed by atoms with Crippen LogP contribution in [0, 0.1) is 7.14 Å². The van der Waals surface area contributed by atoms with Crippen molar-refractivity contribution in [2.45, 2.75) is 77.7 Å². The van der Waals surface area contributed by atoms with E-state index < -0.39 is 0 Å². The molecule has 0 nitrogen and oxygen atoms in total. The maximum Gasteiger partial charge on any atom is 0.357 e. The molecule has 1 heteroatoms. The molecule has 0 unspecified atom stereocenters. The first kappa shape index (κ1) is 38.6. The van der Waals surface area contributed by atoms with Crippen LogP contribution < -0.4 is 21.2 Å². The Hall–Kier alpha value is -0.830. The van der Waals surface area contributed by atoms with E-state index in [0.29, 0.717) is 0 Å². The molecule has 0 heterocycles. The summed E-state index contributed by atoms with van der Waals surface area (Å²) in [4.78, 5) is 0. The molecule has 0 aliphatic rings. The number of hydrogen-bond acceptors (Lipinski definition) is 0. The van der Waals surface area contributed by atoms with Gasteiger partial charge in [-0.3, -0.25) is 0 Å². The molecule has 0 atom stereocenters. The quantitative estimate of drug-likeness (QED) is 0.506. The first-order chi connectivity index (χ1) is 10.4. The van der Waals surface area contributed by atoms with Gasteiger partial charge in [-0.15, -0.1) is 0 Å². The van der Waals surface area contributed by atoms with E-state index in [-0.39, 0.29) is 43.5 Å². The first-order valence-electron chi connectivity index (χ1n) is 8.20. The Labute approximate surface area is 166 Å². The van der Waals surface area contributed by atoms with Crippen molar-refractivity contribution >= 4 is 0 Å². The molecule has 2 rings (SSSR count). The molecular weight excluding hydrogens is 403 g/mol. The van der Waals surface area contributed by atoms with Crippen LogP contribution in [0.25, 0.3) is 0 Å². The average Bonchev–Trinajstić information content (AvgIpc) is 2.64. The Balaban J connectivity index is -0.0000000655. The fraction of sp³-hybridized carbons (Fsp3) is 0.478. The normalized spacial score (nSPS) is 6.33. The summed E-state index contributed by atoms with van der Waals surface area (Å²) < 4.78 is 2.96. The average molecular weight is 450 g/mol. The molecule has 0 N–H and O–H groups in total. The third kappa shape index (κ3) is 23.4. The second-order valence-corrected chi connectivity index (χ2v) is 5.72. The highest BCUT2D eigenvalue weighted by Crippen LogP contribution is 1.85. The highest BCUT2D eigenvalue weighted by atomic mass is 127. The van der Waals surface area contributed by atoms with Crippen molar-refractivity contribution < 1.29 is 21.2 Å². The molecule has 0 saturated carbocycles. The Morgan fingerprint density at radius 2 is 0.625 bits per heavy atom. The lowest BCUT2D eigenvalue weighted by molar-refractivity contribution is -0.597. The van der Waals surface area contributed by atoms with E-state index in [1.54, 1.807) is 0 Å². The van der Waals surface area contributed by atoms with Crippen molar-refractivity contribution in [1.82, 2.24) is 0 Å². The summed E-state index contributed by atoms with van der Waals surface area (Å²) in [7, 11) is 0. The standard InChI is InChI=1S/C12H10I.4C2H6.3CH4/c1-3-7-11(8-4-1)13-12-9-5-2-6-10-12;4*1-2;;;/h1-10H;4*1-2H3;3*1H4/q+1;;;;;;;. The minimum absolute atomic E-state index is 0. The van der Waals surface area contributed by atoms with Crippen LogP contribution in [0.15, 0.2) is 60.7 Å². The van der Waals surface area contributed by atoms with Gasteiger partial charge in [0.2, 0.25) is 0 Å². The zero-order valence-corrected chi connectivity index (χ0v) is 17.3. The Morgan fingerprint density at radius 1 is 0.417 bits per heavy atom. The van der Waals surface area contributed by atoms with Gasteiger partial charge in [0.25, 0.3) is 0 Å². The number of halogens is 1. The smallest absolute Gasteiger partial charge is 0.0776 e. The van der Waals surface area contributed by atoms with Crippen molar-refractivity contribution in [2.24, 2.45) is 0 Å². The first-order valence-corrected chi connectivity index (χ1v) is 10.4. The van der Waals surface area contributed by atoms with E-state index >= 15 is 0 Å². The lowest BCUT2D eigenvalue weighted by Crippen LogP contribution is -3.61. The van der Waals surface area contributed by atoms with Crippen LogP contribution in [0.1, 0.15) is 77.7 Å². The highest BCUT2D eigenvalue weighted by Gasteiger charge is 2.12. The van der Waals surface area contributed by atoms with Gasteiger partial charge in [0.15, 0.2) is 7.14 Å². The molecule has 0 bridgehead atoms. The number of rotatable bonds is 2. The fourth-order valence-corrected chi connectivity index (χ4v) is 3.35. The second kappa shape index (κ2) is 38.0. The molecule has 0 aliphatic carbocycles. The minimum Gasteiger partial charge on any atom is -0.0776 e. The van der Waals surface area contributed by atoms with Crippen molar-refractivity contribution in [3.63, 3.8) is 0 Å². The van der Waals surface area contributed by atoms with E-state index in [1.807, 2.05) is 55.4 Å². The molecule has 0 fully saturated rings. The van der Waals surface area contributed by atoms with E-state index in [1.165, 1.54) is 7.14 Å². The summed E-state index contributed by atoms with van der Waals surface area (Å²) >= 11 is 0.0287. The second-order valence-electron chi connectivity index (χ2n) is 2.69. The van der Waals surface area contributed by atoms with Gasteiger partial charge in [-0.05, 0) is 24.3 Å². The van der Waals surface area contributed by atoms with Gasteiger partial charge < -0.3 is 0 Å². The lowest BCUT2D eigenvalue weighted by atomic mass is 10.4. The van der Waals surface area contributed by atoms with Crippen molar-refractivity contribution in [3.8, 4) is 0 Å². The zero-order chi connectivity index (χ0) is 16.9. The number of benzene rings is 2. The van der Waals surface area contributed by atoms with Crippen LogP contribution in [0.5, 0.6) is 0 Å². The molecule has 144 valence electrons. The van der Waals surface area contributed by atoms with Gasteiger partial charge in [0.1, 0.15) is 0 Å². The molecule has 2 aromatic rings. The van der Waals surface area contributed by atoms with Crippen molar-refractivity contribution in [1.29, 1.82) is 0 Å². The van der Waals surface area contributed by atoms with Crippen LogP contribution >= 0.6 is 0 Å². The fourth-order valence-electron chi connectivity index (χ4n) is 1.08. The molecule has 24 heavy (non-hydrogen) atoms. The summed E-state index contributed by atoms with van der Waals surface area (Å²) in [6, 6.07) is 21.4. The van der Waals surface area contributed by atoms with Crippen molar-refractivity contribution in [2.75, 3.05) is 0 Å². The van der Waals surface area contributed by atoms with E-state index in [9.17, 15) is 0 Å². The van der Waals surface area contributed by atoms with Gasteiger partial charge in [-0.25, -0.2) is 0 Å². The summed E-state index contributed by atoms with van der Waals surface area (Å²) in [6.45, 7) is 16.0. The zero-order valence-electron chi connectivity index (χ0n) is 15.2. The Morgan fingerprint density at radius 3 is 0.833 bits per heavy atom. The summed E-state index contributed by atoms with van der Waals surface area (Å²) in [6.07, 6.45) is 0. The van der Waals surface area contributed by atoms with E-state index in [0.717, 1.165) is 0 Å². The van der Waals surface area contributed by atoms with Crippen LogP contribution in [0.3, 0.4) is 0 Å². The topological polar surface area (TPSA) is 0 Å². The van der Waals surface area contributed by atoms with Crippen LogP contribution in [0.4, 0.5) is 0 Å². The van der Waals surface area contributed by atoms with Gasteiger partial charge in [0.05, 0.1) is 0 Å². The maximum atomic E-state index is 2.21. The van der Waals surface area contributed by atoms with Crippen molar-refractivity contribution in [3.05, 3.63) is 67.8 Å². The van der Waals surface area contributed by atoms with E-state index in [4.69, 9.17) is 0 Å². The predicted molar refractivity (Wildman–Crippen MR) is 116 cm³/mol. The monoisotopic (exact) mass is 449 g/mol. The van der Waals surface area contributed by atoms with Gasteiger partial charge in [-0.2, -0.15) is 0 Å². The maximum absolute atomic E-state index is 2.21. The molecule has 0 aromatic heterocycles. The predicted octanol–water partition coefficient (Wildman–Crippen LogP) is 5.83. The Bertz CT molecular complexity index is 317. The largest absolute Gasteiger partial charge is 0.357 e. The number of hydrogen-bond donors (Lipinski definition) is 0.